The topological polar surface area (TPSA) is 17.1 Å². The highest BCUT2D eigenvalue weighted by Gasteiger charge is 2.59. The second kappa shape index (κ2) is 7.09. The summed E-state index contributed by atoms with van der Waals surface area (Å²) in [6.45, 7) is 7.59. The van der Waals surface area contributed by atoms with Gasteiger partial charge in [-0.2, -0.15) is 0 Å². The summed E-state index contributed by atoms with van der Waals surface area (Å²) in [6.07, 6.45) is 22.5. The largest absolute Gasteiger partial charge is 0.300 e. The van der Waals surface area contributed by atoms with Gasteiger partial charge in [0.15, 0.2) is 0 Å². The van der Waals surface area contributed by atoms with Crippen molar-refractivity contribution in [3.05, 3.63) is 0 Å². The predicted molar refractivity (Wildman–Crippen MR) is 105 cm³/mol. The highest BCUT2D eigenvalue weighted by molar-refractivity contribution is 5.79. The molecule has 0 radical (unpaired) electrons. The van der Waals surface area contributed by atoms with Gasteiger partial charge in [0.05, 0.1) is 0 Å². The minimum Gasteiger partial charge on any atom is -0.300 e. The van der Waals surface area contributed by atoms with E-state index in [0.717, 1.165) is 36.5 Å². The Balaban J connectivity index is 0.000000880. The SMILES string of the molecule is C#C.CCCC1CCC2C3CCC4CC(=O)CCC4(C)C3CC[C@]12C. The molecule has 0 amide bonds. The Bertz CT molecular complexity index is 519. The first-order valence-corrected chi connectivity index (χ1v) is 10.8. The summed E-state index contributed by atoms with van der Waals surface area (Å²) in [5.41, 5.74) is 1.13. The fourth-order valence-corrected chi connectivity index (χ4v) is 7.98. The maximum atomic E-state index is 12.0. The fraction of sp³-hybridized carbons (Fsp3) is 0.875. The van der Waals surface area contributed by atoms with Gasteiger partial charge in [-0.15, -0.1) is 12.8 Å². The van der Waals surface area contributed by atoms with E-state index in [2.05, 4.69) is 33.6 Å². The molecule has 4 fully saturated rings. The Morgan fingerprint density at radius 3 is 2.40 bits per heavy atom. The third-order valence-electron chi connectivity index (χ3n) is 9.32. The molecule has 0 N–H and O–H groups in total. The van der Waals surface area contributed by atoms with Crippen molar-refractivity contribution in [1.82, 2.24) is 0 Å². The Morgan fingerprint density at radius 2 is 1.68 bits per heavy atom. The number of Topliss-reactive ketones (excluding diaryl/α,β-unsaturated/α-hetero) is 1. The second-order valence-electron chi connectivity index (χ2n) is 10.0. The highest BCUT2D eigenvalue weighted by Crippen LogP contribution is 2.67. The van der Waals surface area contributed by atoms with Crippen LogP contribution in [0.2, 0.25) is 0 Å². The van der Waals surface area contributed by atoms with Crippen LogP contribution >= 0.6 is 0 Å². The lowest BCUT2D eigenvalue weighted by Crippen LogP contribution is -2.53. The van der Waals surface area contributed by atoms with Crippen molar-refractivity contribution < 1.29 is 4.79 Å². The number of hydrogen-bond donors (Lipinski definition) is 0. The average molecular weight is 343 g/mol. The van der Waals surface area contributed by atoms with Gasteiger partial charge in [-0.1, -0.05) is 33.6 Å². The summed E-state index contributed by atoms with van der Waals surface area (Å²) in [7, 11) is 0. The number of fused-ring (bicyclic) bond motifs is 5. The Morgan fingerprint density at radius 1 is 0.960 bits per heavy atom. The molecule has 0 aromatic rings. The summed E-state index contributed by atoms with van der Waals surface area (Å²) >= 11 is 0. The lowest BCUT2D eigenvalue weighted by atomic mass is 9.44. The van der Waals surface area contributed by atoms with Gasteiger partial charge in [0, 0.05) is 12.8 Å². The first-order valence-electron chi connectivity index (χ1n) is 10.8. The zero-order valence-electron chi connectivity index (χ0n) is 16.7. The molecular formula is C24H38O. The fourth-order valence-electron chi connectivity index (χ4n) is 7.98. The average Bonchev–Trinajstić information content (AvgIpc) is 2.94. The molecule has 4 aliphatic carbocycles. The molecule has 0 aromatic carbocycles. The molecule has 1 heteroatoms. The summed E-state index contributed by atoms with van der Waals surface area (Å²) in [5.74, 6) is 5.15. The lowest BCUT2D eigenvalue weighted by molar-refractivity contribution is -0.139. The number of carbonyl (C=O) groups is 1. The van der Waals surface area contributed by atoms with E-state index in [-0.39, 0.29) is 0 Å². The molecule has 7 atom stereocenters. The van der Waals surface area contributed by atoms with Gasteiger partial charge in [0.2, 0.25) is 0 Å². The van der Waals surface area contributed by atoms with E-state index in [0.29, 0.717) is 22.5 Å². The van der Waals surface area contributed by atoms with Gasteiger partial charge in [-0.3, -0.25) is 4.79 Å². The molecular weight excluding hydrogens is 304 g/mol. The van der Waals surface area contributed by atoms with Crippen molar-refractivity contribution in [3.63, 3.8) is 0 Å². The van der Waals surface area contributed by atoms with Gasteiger partial charge >= 0.3 is 0 Å². The van der Waals surface area contributed by atoms with Crippen LogP contribution in [-0.4, -0.2) is 5.78 Å². The first-order chi connectivity index (χ1) is 12.0. The van der Waals surface area contributed by atoms with Crippen molar-refractivity contribution in [2.24, 2.45) is 40.4 Å². The van der Waals surface area contributed by atoms with Crippen LogP contribution in [0.5, 0.6) is 0 Å². The zero-order valence-corrected chi connectivity index (χ0v) is 16.7. The van der Waals surface area contributed by atoms with E-state index < -0.39 is 0 Å². The number of rotatable bonds is 2. The monoisotopic (exact) mass is 342 g/mol. The Kier molecular flexibility index (Phi) is 5.39. The van der Waals surface area contributed by atoms with Gasteiger partial charge in [0.1, 0.15) is 5.78 Å². The van der Waals surface area contributed by atoms with Gasteiger partial charge in [0.25, 0.3) is 0 Å². The highest BCUT2D eigenvalue weighted by atomic mass is 16.1. The van der Waals surface area contributed by atoms with E-state index in [1.165, 1.54) is 57.8 Å². The number of ketones is 1. The number of carbonyl (C=O) groups excluding carboxylic acids is 1. The summed E-state index contributed by atoms with van der Waals surface area (Å²) in [4.78, 5) is 12.0. The third-order valence-corrected chi connectivity index (χ3v) is 9.32. The van der Waals surface area contributed by atoms with Gasteiger partial charge in [-0.25, -0.2) is 0 Å². The van der Waals surface area contributed by atoms with E-state index in [9.17, 15) is 4.79 Å². The molecule has 1 nitrogen and oxygen atoms in total. The lowest BCUT2D eigenvalue weighted by Gasteiger charge is -2.60. The van der Waals surface area contributed by atoms with Crippen LogP contribution in [0.4, 0.5) is 0 Å². The molecule has 0 saturated heterocycles. The van der Waals surface area contributed by atoms with E-state index in [4.69, 9.17) is 0 Å². The molecule has 6 unspecified atom stereocenters. The molecule has 4 saturated carbocycles. The molecule has 4 rings (SSSR count). The second-order valence-corrected chi connectivity index (χ2v) is 10.0. The molecule has 0 aliphatic heterocycles. The predicted octanol–water partition coefficient (Wildman–Crippen LogP) is 6.26. The van der Waals surface area contributed by atoms with E-state index >= 15 is 0 Å². The molecule has 0 heterocycles. The van der Waals surface area contributed by atoms with Crippen molar-refractivity contribution in [3.8, 4) is 12.8 Å². The summed E-state index contributed by atoms with van der Waals surface area (Å²) < 4.78 is 0. The van der Waals surface area contributed by atoms with Gasteiger partial charge < -0.3 is 0 Å². The van der Waals surface area contributed by atoms with Crippen molar-refractivity contribution in [1.29, 1.82) is 0 Å². The molecule has 140 valence electrons. The Labute approximate surface area is 155 Å². The minimum atomic E-state index is 0.487. The van der Waals surface area contributed by atoms with Crippen molar-refractivity contribution in [2.45, 2.75) is 91.4 Å². The molecule has 25 heavy (non-hydrogen) atoms. The molecule has 0 aromatic heterocycles. The molecule has 0 spiro atoms. The maximum absolute atomic E-state index is 12.0. The standard InChI is InChI=1S/C22H36O.C2H2/c1-4-5-15-7-9-19-18-8-6-16-14-17(23)10-12-22(16,3)20(18)11-13-21(15,19)2;1-2/h15-16,18-20H,4-14H2,1-3H3;1-2H/t15?,16?,18?,19?,20?,21-,22?;/m1./s1. The third kappa shape index (κ3) is 2.89. The van der Waals surface area contributed by atoms with Crippen LogP contribution in [0.25, 0.3) is 0 Å². The summed E-state index contributed by atoms with van der Waals surface area (Å²) in [5, 5.41) is 0. The van der Waals surface area contributed by atoms with Crippen LogP contribution in [-0.2, 0) is 4.79 Å². The number of terminal acetylenes is 1. The first kappa shape index (κ1) is 19.0. The van der Waals surface area contributed by atoms with Gasteiger partial charge in [-0.05, 0) is 85.4 Å². The van der Waals surface area contributed by atoms with Crippen molar-refractivity contribution >= 4 is 5.78 Å². The normalized spacial score (nSPS) is 48.5. The van der Waals surface area contributed by atoms with E-state index in [1.54, 1.807) is 0 Å². The van der Waals surface area contributed by atoms with Crippen LogP contribution in [0.3, 0.4) is 0 Å². The van der Waals surface area contributed by atoms with Crippen molar-refractivity contribution in [2.75, 3.05) is 0 Å². The number of hydrogen-bond acceptors (Lipinski definition) is 1. The smallest absolute Gasteiger partial charge is 0.133 e. The maximum Gasteiger partial charge on any atom is 0.133 e. The van der Waals surface area contributed by atoms with E-state index in [1.807, 2.05) is 0 Å². The molecule has 4 aliphatic rings. The van der Waals surface area contributed by atoms with Crippen LogP contribution < -0.4 is 0 Å². The minimum absolute atomic E-state index is 0.487. The van der Waals surface area contributed by atoms with Crippen LogP contribution in [0, 0.1) is 53.3 Å². The molecule has 0 bridgehead atoms. The zero-order chi connectivity index (χ0) is 18.2. The quantitative estimate of drug-likeness (QED) is 0.541. The summed E-state index contributed by atoms with van der Waals surface area (Å²) in [6, 6.07) is 0. The Hall–Kier alpha value is -0.770. The van der Waals surface area contributed by atoms with Crippen LogP contribution in [0.15, 0.2) is 0 Å². The van der Waals surface area contributed by atoms with Crippen LogP contribution in [0.1, 0.15) is 91.4 Å².